The van der Waals surface area contributed by atoms with Crippen molar-refractivity contribution in [3.63, 3.8) is 0 Å². The molecule has 1 amide bonds. The minimum atomic E-state index is -1.03. The number of carbonyl (C=O) groups is 1. The molecule has 0 radical (unpaired) electrons. The summed E-state index contributed by atoms with van der Waals surface area (Å²) in [5.74, 6) is -2.34. The van der Waals surface area contributed by atoms with Crippen molar-refractivity contribution in [2.75, 3.05) is 11.9 Å². The van der Waals surface area contributed by atoms with Gasteiger partial charge in [0.25, 0.3) is 5.91 Å². The first-order chi connectivity index (χ1) is 11.1. The van der Waals surface area contributed by atoms with Crippen molar-refractivity contribution in [2.24, 2.45) is 0 Å². The zero-order chi connectivity index (χ0) is 16.2. The van der Waals surface area contributed by atoms with Crippen molar-refractivity contribution < 1.29 is 18.3 Å². The molecule has 0 saturated carbocycles. The first-order valence-corrected chi connectivity index (χ1v) is 6.85. The molecule has 3 aromatic rings. The van der Waals surface area contributed by atoms with Gasteiger partial charge in [0.15, 0.2) is 18.2 Å². The van der Waals surface area contributed by atoms with Gasteiger partial charge >= 0.3 is 0 Å². The lowest BCUT2D eigenvalue weighted by Crippen LogP contribution is -2.20. The minimum absolute atomic E-state index is 0.0788. The Kier molecular flexibility index (Phi) is 4.14. The van der Waals surface area contributed by atoms with Gasteiger partial charge < -0.3 is 10.1 Å². The predicted molar refractivity (Wildman–Crippen MR) is 82.2 cm³/mol. The van der Waals surface area contributed by atoms with Gasteiger partial charge in [-0.25, -0.2) is 8.78 Å². The fraction of sp³-hybridized carbons (Fsp3) is 0.0588. The van der Waals surface area contributed by atoms with E-state index in [1.807, 2.05) is 12.1 Å². The molecule has 23 heavy (non-hydrogen) atoms. The van der Waals surface area contributed by atoms with Gasteiger partial charge in [-0.3, -0.25) is 9.78 Å². The zero-order valence-corrected chi connectivity index (χ0v) is 11.9. The Morgan fingerprint density at radius 3 is 2.74 bits per heavy atom. The molecule has 0 fully saturated rings. The van der Waals surface area contributed by atoms with E-state index in [1.54, 1.807) is 24.4 Å². The molecular weight excluding hydrogens is 302 g/mol. The summed E-state index contributed by atoms with van der Waals surface area (Å²) in [6.45, 7) is -0.325. The Morgan fingerprint density at radius 2 is 1.91 bits per heavy atom. The fourth-order valence-electron chi connectivity index (χ4n) is 2.11. The quantitative estimate of drug-likeness (QED) is 0.801. The van der Waals surface area contributed by atoms with Gasteiger partial charge in [0.2, 0.25) is 0 Å². The lowest BCUT2D eigenvalue weighted by Gasteiger charge is -2.09. The van der Waals surface area contributed by atoms with Crippen LogP contribution < -0.4 is 10.1 Å². The second kappa shape index (κ2) is 6.39. The molecule has 0 saturated heterocycles. The van der Waals surface area contributed by atoms with Crippen LogP contribution in [0.2, 0.25) is 0 Å². The summed E-state index contributed by atoms with van der Waals surface area (Å²) in [4.78, 5) is 16.2. The number of aromatic nitrogens is 1. The minimum Gasteiger partial charge on any atom is -0.484 e. The third-order valence-electron chi connectivity index (χ3n) is 3.17. The molecule has 0 aliphatic carbocycles. The summed E-state index contributed by atoms with van der Waals surface area (Å²) in [6.07, 6.45) is 1.63. The average Bonchev–Trinajstić information content (AvgIpc) is 2.56. The number of anilines is 1. The molecular formula is C17H12F2N2O2. The van der Waals surface area contributed by atoms with Crippen molar-refractivity contribution >= 4 is 22.5 Å². The van der Waals surface area contributed by atoms with E-state index in [0.29, 0.717) is 11.2 Å². The first-order valence-electron chi connectivity index (χ1n) is 6.85. The number of hydrogen-bond donors (Lipinski definition) is 1. The number of nitrogens with one attached hydrogen (secondary N) is 1. The van der Waals surface area contributed by atoms with Crippen LogP contribution in [-0.4, -0.2) is 17.5 Å². The van der Waals surface area contributed by atoms with Gasteiger partial charge in [0, 0.05) is 17.6 Å². The Labute approximate surface area is 130 Å². The van der Waals surface area contributed by atoms with E-state index in [-0.39, 0.29) is 12.4 Å². The normalized spacial score (nSPS) is 10.5. The zero-order valence-electron chi connectivity index (χ0n) is 11.9. The van der Waals surface area contributed by atoms with Crippen molar-refractivity contribution in [1.29, 1.82) is 0 Å². The summed E-state index contributed by atoms with van der Waals surface area (Å²) < 4.78 is 31.0. The second-order valence-corrected chi connectivity index (χ2v) is 4.79. The van der Waals surface area contributed by atoms with Crippen LogP contribution in [0.5, 0.6) is 5.75 Å². The van der Waals surface area contributed by atoms with Crippen LogP contribution in [0.15, 0.2) is 54.7 Å². The number of ether oxygens (including phenoxy) is 1. The van der Waals surface area contributed by atoms with Crippen LogP contribution in [0.1, 0.15) is 0 Å². The van der Waals surface area contributed by atoms with Crippen molar-refractivity contribution in [2.45, 2.75) is 0 Å². The molecule has 0 bridgehead atoms. The molecule has 116 valence electrons. The molecule has 0 aliphatic heterocycles. The highest BCUT2D eigenvalue weighted by molar-refractivity contribution is 6.00. The molecule has 0 spiro atoms. The Morgan fingerprint density at radius 1 is 1.09 bits per heavy atom. The van der Waals surface area contributed by atoms with Crippen LogP contribution >= 0.6 is 0 Å². The van der Waals surface area contributed by atoms with Crippen molar-refractivity contribution in [1.82, 2.24) is 4.98 Å². The molecule has 0 atom stereocenters. The van der Waals surface area contributed by atoms with E-state index in [0.717, 1.165) is 17.5 Å². The van der Waals surface area contributed by atoms with E-state index < -0.39 is 17.5 Å². The molecule has 1 N–H and O–H groups in total. The summed E-state index contributed by atoms with van der Waals surface area (Å²) in [5.41, 5.74) is 1.22. The summed E-state index contributed by atoms with van der Waals surface area (Å²) in [5, 5.41) is 3.58. The van der Waals surface area contributed by atoms with Crippen LogP contribution in [0.25, 0.3) is 10.9 Å². The third kappa shape index (κ3) is 3.42. The number of nitrogens with zero attached hydrogens (tertiary/aromatic N) is 1. The number of para-hydroxylation sites is 1. The van der Waals surface area contributed by atoms with Crippen LogP contribution in [-0.2, 0) is 4.79 Å². The predicted octanol–water partition coefficient (Wildman–Crippen LogP) is 3.53. The van der Waals surface area contributed by atoms with Crippen molar-refractivity contribution in [3.8, 4) is 5.75 Å². The second-order valence-electron chi connectivity index (χ2n) is 4.79. The average molecular weight is 314 g/mol. The maximum absolute atomic E-state index is 13.1. The van der Waals surface area contributed by atoms with Gasteiger partial charge in [-0.1, -0.05) is 18.2 Å². The number of benzene rings is 2. The number of amides is 1. The molecule has 0 unspecified atom stereocenters. The van der Waals surface area contributed by atoms with E-state index in [2.05, 4.69) is 10.3 Å². The first kappa shape index (κ1) is 14.9. The number of fused-ring (bicyclic) bond motifs is 1. The summed E-state index contributed by atoms with van der Waals surface area (Å²) in [6, 6.07) is 12.2. The fourth-order valence-corrected chi connectivity index (χ4v) is 2.11. The molecule has 2 aromatic carbocycles. The Hall–Kier alpha value is -3.02. The van der Waals surface area contributed by atoms with Gasteiger partial charge in [-0.05, 0) is 24.3 Å². The smallest absolute Gasteiger partial charge is 0.262 e. The molecule has 4 nitrogen and oxygen atoms in total. The maximum atomic E-state index is 13.1. The number of hydrogen-bond acceptors (Lipinski definition) is 3. The van der Waals surface area contributed by atoms with Crippen LogP contribution in [0.3, 0.4) is 0 Å². The monoisotopic (exact) mass is 314 g/mol. The number of pyridine rings is 1. The van der Waals surface area contributed by atoms with Gasteiger partial charge in [0.05, 0.1) is 11.2 Å². The van der Waals surface area contributed by atoms with Gasteiger partial charge in [-0.15, -0.1) is 0 Å². The van der Waals surface area contributed by atoms with E-state index >= 15 is 0 Å². The standard InChI is InChI=1S/C17H12F2N2O2/c18-13-7-6-12(9-14(13)19)23-10-16(22)21-15-5-1-3-11-4-2-8-20-17(11)15/h1-9H,10H2,(H,21,22). The Balaban J connectivity index is 1.68. The molecule has 3 rings (SSSR count). The molecule has 1 heterocycles. The van der Waals surface area contributed by atoms with Crippen molar-refractivity contribution in [3.05, 3.63) is 66.4 Å². The Bertz CT molecular complexity index is 863. The highest BCUT2D eigenvalue weighted by Gasteiger charge is 2.09. The highest BCUT2D eigenvalue weighted by atomic mass is 19.2. The van der Waals surface area contributed by atoms with E-state index in [4.69, 9.17) is 4.74 Å². The van der Waals surface area contributed by atoms with Gasteiger partial charge in [-0.2, -0.15) is 0 Å². The highest BCUT2D eigenvalue weighted by Crippen LogP contribution is 2.20. The third-order valence-corrected chi connectivity index (χ3v) is 3.17. The van der Waals surface area contributed by atoms with E-state index in [9.17, 15) is 13.6 Å². The number of rotatable bonds is 4. The summed E-state index contributed by atoms with van der Waals surface area (Å²) >= 11 is 0. The molecule has 6 heteroatoms. The lowest BCUT2D eigenvalue weighted by molar-refractivity contribution is -0.118. The topological polar surface area (TPSA) is 51.2 Å². The van der Waals surface area contributed by atoms with Crippen LogP contribution in [0.4, 0.5) is 14.5 Å². The van der Waals surface area contributed by atoms with Gasteiger partial charge in [0.1, 0.15) is 5.75 Å². The molecule has 1 aromatic heterocycles. The largest absolute Gasteiger partial charge is 0.484 e. The maximum Gasteiger partial charge on any atom is 0.262 e. The number of halogens is 2. The van der Waals surface area contributed by atoms with E-state index in [1.165, 1.54) is 6.07 Å². The SMILES string of the molecule is O=C(COc1ccc(F)c(F)c1)Nc1cccc2cccnc12. The lowest BCUT2D eigenvalue weighted by atomic mass is 10.2. The summed E-state index contributed by atoms with van der Waals surface area (Å²) in [7, 11) is 0. The molecule has 0 aliphatic rings. The van der Waals surface area contributed by atoms with Crippen LogP contribution in [0, 0.1) is 11.6 Å². The number of carbonyl (C=O) groups excluding carboxylic acids is 1.